The van der Waals surface area contributed by atoms with Gasteiger partial charge in [-0.15, -0.1) is 0 Å². The second-order valence-corrected chi connectivity index (χ2v) is 5.59. The number of ether oxygens (including phenoxy) is 1. The van der Waals surface area contributed by atoms with E-state index in [1.54, 1.807) is 12.1 Å². The van der Waals surface area contributed by atoms with Gasteiger partial charge in [-0.1, -0.05) is 12.1 Å². The Bertz CT molecular complexity index is 566. The van der Waals surface area contributed by atoms with Crippen LogP contribution in [-0.4, -0.2) is 34.7 Å². The monoisotopic (exact) mass is 315 g/mol. The lowest BCUT2D eigenvalue weighted by atomic mass is 10.1. The number of alkyl halides is 2. The smallest absolute Gasteiger partial charge is 0.387 e. The first-order valence-corrected chi connectivity index (χ1v) is 6.64. The maximum Gasteiger partial charge on any atom is 0.387 e. The maximum atomic E-state index is 12.3. The van der Waals surface area contributed by atoms with Crippen molar-refractivity contribution in [1.82, 2.24) is 10.2 Å². The summed E-state index contributed by atoms with van der Waals surface area (Å²) >= 11 is 5.09. The third kappa shape index (κ3) is 3.78. The molecule has 5 nitrogen and oxygen atoms in total. The molecule has 0 spiro atoms. The fourth-order valence-corrected chi connectivity index (χ4v) is 2.40. The molecule has 0 saturated carbocycles. The molecule has 21 heavy (non-hydrogen) atoms. The molecule has 1 heterocycles. The molecule has 2 N–H and O–H groups in total. The van der Waals surface area contributed by atoms with E-state index in [-0.39, 0.29) is 17.0 Å². The van der Waals surface area contributed by atoms with Gasteiger partial charge in [0.15, 0.2) is 5.11 Å². The Balaban J connectivity index is 2.12. The Morgan fingerprint density at radius 3 is 2.71 bits per heavy atom. The van der Waals surface area contributed by atoms with Crippen molar-refractivity contribution < 1.29 is 18.3 Å². The van der Waals surface area contributed by atoms with E-state index in [4.69, 9.17) is 12.2 Å². The summed E-state index contributed by atoms with van der Waals surface area (Å²) in [5.41, 5.74) is -0.164. The zero-order valence-corrected chi connectivity index (χ0v) is 12.3. The van der Waals surface area contributed by atoms with Gasteiger partial charge in [-0.3, -0.25) is 4.90 Å². The van der Waals surface area contributed by atoms with Crippen LogP contribution in [0, 0.1) is 0 Å². The highest BCUT2D eigenvalue weighted by atomic mass is 32.1. The first-order valence-electron chi connectivity index (χ1n) is 6.23. The summed E-state index contributed by atoms with van der Waals surface area (Å²) in [6.07, 6.45) is 0. The van der Waals surface area contributed by atoms with Crippen LogP contribution < -0.4 is 15.4 Å². The zero-order chi connectivity index (χ0) is 15.6. The van der Waals surface area contributed by atoms with E-state index in [0.717, 1.165) is 0 Å². The van der Waals surface area contributed by atoms with Gasteiger partial charge in [-0.05, 0) is 38.2 Å². The highest BCUT2D eigenvalue weighted by Gasteiger charge is 2.36. The van der Waals surface area contributed by atoms with Crippen LogP contribution in [0.3, 0.4) is 0 Å². The van der Waals surface area contributed by atoms with E-state index in [2.05, 4.69) is 15.4 Å². The van der Waals surface area contributed by atoms with Crippen LogP contribution in [0.25, 0.3) is 0 Å². The summed E-state index contributed by atoms with van der Waals surface area (Å²) < 4.78 is 29.0. The fraction of sp³-hybridized carbons (Fsp3) is 0.385. The Kier molecular flexibility index (Phi) is 4.26. The molecule has 1 aromatic rings. The van der Waals surface area contributed by atoms with Gasteiger partial charge in [-0.25, -0.2) is 4.79 Å². The summed E-state index contributed by atoms with van der Waals surface area (Å²) in [7, 11) is 0. The third-order valence-electron chi connectivity index (χ3n) is 2.83. The average molecular weight is 315 g/mol. The molecule has 0 unspecified atom stereocenters. The Morgan fingerprint density at radius 2 is 2.14 bits per heavy atom. The highest BCUT2D eigenvalue weighted by molar-refractivity contribution is 7.80. The lowest BCUT2D eigenvalue weighted by Gasteiger charge is -2.19. The lowest BCUT2D eigenvalue weighted by molar-refractivity contribution is -0.0493. The molecule has 1 aliphatic heterocycles. The van der Waals surface area contributed by atoms with Crippen LogP contribution >= 0.6 is 12.2 Å². The molecule has 2 rings (SSSR count). The van der Waals surface area contributed by atoms with Crippen LogP contribution in [0.4, 0.5) is 19.3 Å². The molecular formula is C13H15F2N3O2S. The van der Waals surface area contributed by atoms with Gasteiger partial charge in [0.25, 0.3) is 0 Å². The van der Waals surface area contributed by atoms with Crippen molar-refractivity contribution in [2.24, 2.45) is 0 Å². The van der Waals surface area contributed by atoms with Gasteiger partial charge in [0, 0.05) is 0 Å². The number of rotatable bonds is 3. The molecule has 0 atom stereocenters. The number of nitrogens with zero attached hydrogens (tertiary/aromatic N) is 1. The molecule has 1 fully saturated rings. The minimum atomic E-state index is -2.96. The summed E-state index contributed by atoms with van der Waals surface area (Å²) in [5.74, 6) is -0.0989. The standard InChI is InChI=1S/C13H15F2N3O2S/c1-13(2)7-18(12(21)17-13)11(19)16-8-5-3-4-6-9(8)20-10(14)15/h3-6,10H,7H2,1-2H3,(H,16,19)(H,17,21). The predicted octanol–water partition coefficient (Wildman–Crippen LogP) is 2.79. The maximum absolute atomic E-state index is 12.3. The lowest BCUT2D eigenvalue weighted by Crippen LogP contribution is -2.37. The number of hydrogen-bond acceptors (Lipinski definition) is 3. The molecule has 2 amide bonds. The average Bonchev–Trinajstić information content (AvgIpc) is 2.64. The Morgan fingerprint density at radius 1 is 1.48 bits per heavy atom. The molecule has 1 aromatic carbocycles. The van der Waals surface area contributed by atoms with E-state index in [1.165, 1.54) is 17.0 Å². The van der Waals surface area contributed by atoms with Crippen LogP contribution in [0.1, 0.15) is 13.8 Å². The summed E-state index contributed by atoms with van der Waals surface area (Å²) in [4.78, 5) is 13.5. The molecule has 0 aromatic heterocycles. The van der Waals surface area contributed by atoms with E-state index in [0.29, 0.717) is 11.7 Å². The number of thiocarbonyl (C=S) groups is 1. The van der Waals surface area contributed by atoms with E-state index < -0.39 is 12.6 Å². The number of nitrogens with one attached hydrogen (secondary N) is 2. The molecule has 1 saturated heterocycles. The van der Waals surface area contributed by atoms with Gasteiger partial charge >= 0.3 is 12.6 Å². The second-order valence-electron chi connectivity index (χ2n) is 5.20. The highest BCUT2D eigenvalue weighted by Crippen LogP contribution is 2.26. The largest absolute Gasteiger partial charge is 0.433 e. The Hall–Kier alpha value is -1.96. The number of anilines is 1. The molecule has 0 radical (unpaired) electrons. The van der Waals surface area contributed by atoms with Crippen molar-refractivity contribution in [2.75, 3.05) is 11.9 Å². The van der Waals surface area contributed by atoms with Crippen LogP contribution in [0.15, 0.2) is 24.3 Å². The van der Waals surface area contributed by atoms with Crippen LogP contribution in [0.5, 0.6) is 5.75 Å². The first-order chi connectivity index (χ1) is 9.78. The van der Waals surface area contributed by atoms with Crippen molar-refractivity contribution in [3.8, 4) is 5.75 Å². The zero-order valence-electron chi connectivity index (χ0n) is 11.5. The number of halogens is 2. The summed E-state index contributed by atoms with van der Waals surface area (Å²) in [5, 5.41) is 5.83. The van der Waals surface area contributed by atoms with E-state index >= 15 is 0 Å². The number of urea groups is 1. The van der Waals surface area contributed by atoms with Gasteiger partial charge in [0.2, 0.25) is 0 Å². The van der Waals surface area contributed by atoms with Crippen molar-refractivity contribution in [1.29, 1.82) is 0 Å². The number of amides is 2. The van der Waals surface area contributed by atoms with Crippen LogP contribution in [0.2, 0.25) is 0 Å². The SMILES string of the molecule is CC1(C)CN(C(=O)Nc2ccccc2OC(F)F)C(=S)N1. The van der Waals surface area contributed by atoms with E-state index in [9.17, 15) is 13.6 Å². The molecule has 0 aliphatic carbocycles. The minimum absolute atomic E-state index is 0.0989. The van der Waals surface area contributed by atoms with Gasteiger partial charge in [0.1, 0.15) is 5.75 Å². The van der Waals surface area contributed by atoms with Gasteiger partial charge in [0.05, 0.1) is 17.8 Å². The predicted molar refractivity (Wildman–Crippen MR) is 78.6 cm³/mol. The molecule has 0 bridgehead atoms. The van der Waals surface area contributed by atoms with Crippen molar-refractivity contribution in [3.05, 3.63) is 24.3 Å². The number of carbonyl (C=O) groups is 1. The number of hydrogen-bond donors (Lipinski definition) is 2. The molecule has 8 heteroatoms. The van der Waals surface area contributed by atoms with Crippen molar-refractivity contribution in [2.45, 2.75) is 26.0 Å². The van der Waals surface area contributed by atoms with Crippen LogP contribution in [-0.2, 0) is 0 Å². The third-order valence-corrected chi connectivity index (χ3v) is 3.16. The summed E-state index contributed by atoms with van der Waals surface area (Å²) in [6, 6.07) is 5.49. The summed E-state index contributed by atoms with van der Waals surface area (Å²) in [6.45, 7) is 1.23. The van der Waals surface area contributed by atoms with E-state index in [1.807, 2.05) is 13.8 Å². The number of para-hydroxylation sites is 2. The number of carbonyl (C=O) groups excluding carboxylic acids is 1. The van der Waals surface area contributed by atoms with Gasteiger partial charge in [-0.2, -0.15) is 8.78 Å². The van der Waals surface area contributed by atoms with Crippen molar-refractivity contribution in [3.63, 3.8) is 0 Å². The quantitative estimate of drug-likeness (QED) is 0.842. The second kappa shape index (κ2) is 5.80. The topological polar surface area (TPSA) is 53.6 Å². The van der Waals surface area contributed by atoms with Crippen molar-refractivity contribution >= 4 is 29.0 Å². The molecule has 1 aliphatic rings. The van der Waals surface area contributed by atoms with Gasteiger partial charge < -0.3 is 15.4 Å². The minimum Gasteiger partial charge on any atom is -0.433 e. The normalized spacial score (nSPS) is 16.8. The molecule has 114 valence electrons. The fourth-order valence-electron chi connectivity index (χ4n) is 1.98. The molecular weight excluding hydrogens is 300 g/mol. The first kappa shape index (κ1) is 15.4. The number of benzene rings is 1. The Labute approximate surface area is 126 Å².